The van der Waals surface area contributed by atoms with Crippen LogP contribution in [0.25, 0.3) is 0 Å². The van der Waals surface area contributed by atoms with E-state index in [1.807, 2.05) is 13.0 Å². The smallest absolute Gasteiger partial charge is 0.258 e. The van der Waals surface area contributed by atoms with Crippen LogP contribution in [0.3, 0.4) is 0 Å². The summed E-state index contributed by atoms with van der Waals surface area (Å²) in [6, 6.07) is 13.2. The van der Waals surface area contributed by atoms with Crippen LogP contribution in [0, 0.1) is 11.3 Å². The number of ether oxygens (including phenoxy) is 1. The number of rotatable bonds is 10. The molecule has 0 radical (unpaired) electrons. The summed E-state index contributed by atoms with van der Waals surface area (Å²) in [7, 11) is -3.85. The van der Waals surface area contributed by atoms with Crippen LogP contribution in [0.2, 0.25) is 5.02 Å². The number of carbonyl (C=O) groups is 1. The SMILES string of the molecule is CCOc1ccc(N(CCC#N)C(=O)c2ccc(Cl)c(S(=O)(=O)N(CC)CC)c2)cc1. The van der Waals surface area contributed by atoms with E-state index >= 15 is 0 Å². The summed E-state index contributed by atoms with van der Waals surface area (Å²) in [5, 5.41) is 9.07. The molecule has 0 saturated carbocycles. The molecule has 0 spiro atoms. The second-order valence-corrected chi connectivity index (χ2v) is 8.84. The summed E-state index contributed by atoms with van der Waals surface area (Å²) >= 11 is 6.18. The molecule has 2 rings (SSSR count). The molecule has 1 amide bonds. The molecule has 166 valence electrons. The Bertz CT molecular complexity index is 1050. The van der Waals surface area contributed by atoms with E-state index < -0.39 is 15.9 Å². The molecule has 31 heavy (non-hydrogen) atoms. The first-order chi connectivity index (χ1) is 14.8. The number of hydrogen-bond acceptors (Lipinski definition) is 5. The minimum absolute atomic E-state index is 0.0492. The van der Waals surface area contributed by atoms with E-state index in [9.17, 15) is 13.2 Å². The Morgan fingerprint density at radius 2 is 1.74 bits per heavy atom. The molecular formula is C22H26ClN3O4S. The van der Waals surface area contributed by atoms with Gasteiger partial charge in [0.2, 0.25) is 10.0 Å². The number of amides is 1. The van der Waals surface area contributed by atoms with Crippen molar-refractivity contribution in [1.29, 1.82) is 5.26 Å². The topological polar surface area (TPSA) is 90.7 Å². The van der Waals surface area contributed by atoms with Crippen LogP contribution in [0.15, 0.2) is 47.4 Å². The fourth-order valence-electron chi connectivity index (χ4n) is 3.09. The highest BCUT2D eigenvalue weighted by atomic mass is 35.5. The van der Waals surface area contributed by atoms with Crippen molar-refractivity contribution >= 4 is 33.2 Å². The largest absolute Gasteiger partial charge is 0.494 e. The average Bonchev–Trinajstić information content (AvgIpc) is 2.76. The van der Waals surface area contributed by atoms with Crippen LogP contribution in [-0.4, -0.2) is 44.9 Å². The van der Waals surface area contributed by atoms with Crippen molar-refractivity contribution in [2.45, 2.75) is 32.1 Å². The molecule has 7 nitrogen and oxygen atoms in total. The summed E-state index contributed by atoms with van der Waals surface area (Å²) in [5.41, 5.74) is 0.744. The van der Waals surface area contributed by atoms with Crippen molar-refractivity contribution in [3.05, 3.63) is 53.1 Å². The second kappa shape index (κ2) is 11.1. The Morgan fingerprint density at radius 3 is 2.29 bits per heavy atom. The molecule has 0 unspecified atom stereocenters. The maximum atomic E-state index is 13.3. The van der Waals surface area contributed by atoms with Crippen molar-refractivity contribution in [2.24, 2.45) is 0 Å². The molecule has 0 saturated heterocycles. The molecule has 0 aliphatic rings. The lowest BCUT2D eigenvalue weighted by atomic mass is 10.1. The molecular weight excluding hydrogens is 438 g/mol. The first-order valence-electron chi connectivity index (χ1n) is 10.0. The van der Waals surface area contributed by atoms with Crippen molar-refractivity contribution in [2.75, 3.05) is 31.1 Å². The molecule has 0 heterocycles. The van der Waals surface area contributed by atoms with Crippen LogP contribution in [0.1, 0.15) is 37.6 Å². The lowest BCUT2D eigenvalue weighted by Gasteiger charge is -2.23. The van der Waals surface area contributed by atoms with E-state index in [-0.39, 0.29) is 41.5 Å². The van der Waals surface area contributed by atoms with Gasteiger partial charge in [0.05, 0.1) is 24.1 Å². The first kappa shape index (κ1) is 24.7. The van der Waals surface area contributed by atoms with Gasteiger partial charge in [0.15, 0.2) is 0 Å². The Labute approximate surface area is 188 Å². The second-order valence-electron chi connectivity index (χ2n) is 6.53. The lowest BCUT2D eigenvalue weighted by Crippen LogP contribution is -2.33. The molecule has 0 bridgehead atoms. The van der Waals surface area contributed by atoms with Crippen molar-refractivity contribution < 1.29 is 17.9 Å². The average molecular weight is 464 g/mol. The first-order valence-corrected chi connectivity index (χ1v) is 11.8. The predicted molar refractivity (Wildman–Crippen MR) is 121 cm³/mol. The molecule has 0 atom stereocenters. The van der Waals surface area contributed by atoms with Crippen LogP contribution in [0.4, 0.5) is 5.69 Å². The van der Waals surface area contributed by atoms with Crippen LogP contribution in [0.5, 0.6) is 5.75 Å². The highest BCUT2D eigenvalue weighted by Gasteiger charge is 2.27. The van der Waals surface area contributed by atoms with Gasteiger partial charge in [-0.05, 0) is 49.4 Å². The maximum Gasteiger partial charge on any atom is 0.258 e. The fourth-order valence-corrected chi connectivity index (χ4v) is 5.05. The third-order valence-corrected chi connectivity index (χ3v) is 7.18. The summed E-state index contributed by atoms with van der Waals surface area (Å²) < 4.78 is 32.6. The van der Waals surface area contributed by atoms with Crippen molar-refractivity contribution in [3.8, 4) is 11.8 Å². The number of nitrogens with zero attached hydrogens (tertiary/aromatic N) is 3. The van der Waals surface area contributed by atoms with Gasteiger partial charge in [-0.15, -0.1) is 0 Å². The Balaban J connectivity index is 2.46. The maximum absolute atomic E-state index is 13.3. The van der Waals surface area contributed by atoms with Crippen LogP contribution in [-0.2, 0) is 10.0 Å². The molecule has 0 aliphatic heterocycles. The third-order valence-electron chi connectivity index (χ3n) is 4.65. The number of benzene rings is 2. The normalized spacial score (nSPS) is 11.2. The van der Waals surface area contributed by atoms with E-state index in [1.54, 1.807) is 38.1 Å². The zero-order valence-electron chi connectivity index (χ0n) is 17.8. The van der Waals surface area contributed by atoms with E-state index in [0.29, 0.717) is 18.0 Å². The van der Waals surface area contributed by atoms with Crippen LogP contribution >= 0.6 is 11.6 Å². The fraction of sp³-hybridized carbons (Fsp3) is 0.364. The molecule has 2 aromatic carbocycles. The van der Waals surface area contributed by atoms with Gasteiger partial charge in [-0.1, -0.05) is 25.4 Å². The summed E-state index contributed by atoms with van der Waals surface area (Å²) in [6.45, 7) is 6.59. The minimum Gasteiger partial charge on any atom is -0.494 e. The van der Waals surface area contributed by atoms with E-state index in [1.165, 1.54) is 27.4 Å². The van der Waals surface area contributed by atoms with Crippen molar-refractivity contribution in [1.82, 2.24) is 4.31 Å². The third kappa shape index (κ3) is 5.76. The Kier molecular flexibility index (Phi) is 8.87. The van der Waals surface area contributed by atoms with E-state index in [0.717, 1.165) is 0 Å². The summed E-state index contributed by atoms with van der Waals surface area (Å²) in [5.74, 6) is 0.241. The highest BCUT2D eigenvalue weighted by Crippen LogP contribution is 2.28. The molecule has 9 heteroatoms. The molecule has 2 aromatic rings. The van der Waals surface area contributed by atoms with Gasteiger partial charge >= 0.3 is 0 Å². The van der Waals surface area contributed by atoms with Gasteiger partial charge in [0.1, 0.15) is 10.6 Å². The predicted octanol–water partition coefficient (Wildman–Crippen LogP) is 4.33. The van der Waals surface area contributed by atoms with E-state index in [4.69, 9.17) is 21.6 Å². The molecule has 0 aliphatic carbocycles. The summed E-state index contributed by atoms with van der Waals surface area (Å²) in [6.07, 6.45) is 0.122. The molecule has 0 fully saturated rings. The number of halogens is 1. The van der Waals surface area contributed by atoms with Gasteiger partial charge in [-0.25, -0.2) is 8.42 Å². The van der Waals surface area contributed by atoms with Gasteiger partial charge in [0.25, 0.3) is 5.91 Å². The summed E-state index contributed by atoms with van der Waals surface area (Å²) in [4.78, 5) is 14.6. The van der Waals surface area contributed by atoms with Gasteiger partial charge in [0, 0.05) is 30.9 Å². The van der Waals surface area contributed by atoms with Gasteiger partial charge in [-0.3, -0.25) is 4.79 Å². The zero-order chi connectivity index (χ0) is 23.0. The van der Waals surface area contributed by atoms with Gasteiger partial charge in [-0.2, -0.15) is 9.57 Å². The molecule has 0 N–H and O–H groups in total. The minimum atomic E-state index is -3.85. The van der Waals surface area contributed by atoms with Crippen LogP contribution < -0.4 is 9.64 Å². The Morgan fingerprint density at radius 1 is 1.10 bits per heavy atom. The van der Waals surface area contributed by atoms with Crippen molar-refractivity contribution in [3.63, 3.8) is 0 Å². The number of sulfonamides is 1. The quantitative estimate of drug-likeness (QED) is 0.523. The van der Waals surface area contributed by atoms with Gasteiger partial charge < -0.3 is 9.64 Å². The zero-order valence-corrected chi connectivity index (χ0v) is 19.4. The Hall–Kier alpha value is -2.60. The van der Waals surface area contributed by atoms with E-state index in [2.05, 4.69) is 0 Å². The highest BCUT2D eigenvalue weighted by molar-refractivity contribution is 7.89. The monoisotopic (exact) mass is 463 g/mol. The lowest BCUT2D eigenvalue weighted by molar-refractivity contribution is 0.0987. The number of anilines is 1. The number of nitriles is 1. The molecule has 0 aromatic heterocycles. The number of hydrogen-bond donors (Lipinski definition) is 0. The standard InChI is InChI=1S/C22H26ClN3O4S/c1-4-25(5-2)31(28,29)21-16-17(8-13-20(21)23)22(27)26(15-7-14-24)18-9-11-19(12-10-18)30-6-3/h8-13,16H,4-7,15H2,1-3H3. The number of carbonyl (C=O) groups excluding carboxylic acids is 1.